The number of halogens is 3. The molecule has 1 fully saturated rings. The molecule has 1 aromatic carbocycles. The number of hydrogen-bond acceptors (Lipinski definition) is 5. The van der Waals surface area contributed by atoms with E-state index >= 15 is 0 Å². The normalized spacial score (nSPS) is 21.8. The van der Waals surface area contributed by atoms with Crippen molar-refractivity contribution in [1.29, 1.82) is 0 Å². The SMILES string of the molecule is O=C(OC(C1COCO1)C(O)C(F)(F)F)c1ccccc1. The Balaban J connectivity index is 2.14. The van der Waals surface area contributed by atoms with Gasteiger partial charge in [-0.3, -0.25) is 0 Å². The summed E-state index contributed by atoms with van der Waals surface area (Å²) in [6, 6.07) is 7.52. The molecule has 1 aliphatic rings. The summed E-state index contributed by atoms with van der Waals surface area (Å²) in [7, 11) is 0. The molecule has 3 unspecified atom stereocenters. The fraction of sp³-hybridized carbons (Fsp3) is 0.462. The van der Waals surface area contributed by atoms with Gasteiger partial charge in [-0.25, -0.2) is 4.79 Å². The van der Waals surface area contributed by atoms with Gasteiger partial charge in [0.1, 0.15) is 12.9 Å². The summed E-state index contributed by atoms with van der Waals surface area (Å²) < 4.78 is 52.5. The Hall–Kier alpha value is -1.64. The number of rotatable bonds is 4. The van der Waals surface area contributed by atoms with Gasteiger partial charge in [0.15, 0.2) is 12.2 Å². The summed E-state index contributed by atoms with van der Waals surface area (Å²) >= 11 is 0. The van der Waals surface area contributed by atoms with Gasteiger partial charge in [0, 0.05) is 0 Å². The highest BCUT2D eigenvalue weighted by Gasteiger charge is 2.50. The number of aliphatic hydroxyl groups is 1. The van der Waals surface area contributed by atoms with E-state index in [4.69, 9.17) is 14.2 Å². The van der Waals surface area contributed by atoms with Crippen LogP contribution >= 0.6 is 0 Å². The Labute approximate surface area is 118 Å². The molecule has 0 aromatic heterocycles. The molecule has 8 heteroatoms. The zero-order valence-corrected chi connectivity index (χ0v) is 10.7. The molecule has 2 rings (SSSR count). The number of benzene rings is 1. The summed E-state index contributed by atoms with van der Waals surface area (Å²) in [4.78, 5) is 11.8. The van der Waals surface area contributed by atoms with Crippen molar-refractivity contribution in [2.45, 2.75) is 24.5 Å². The number of carbonyl (C=O) groups is 1. The van der Waals surface area contributed by atoms with Gasteiger partial charge in [0.2, 0.25) is 0 Å². The Morgan fingerprint density at radius 2 is 2.00 bits per heavy atom. The summed E-state index contributed by atoms with van der Waals surface area (Å²) in [6.07, 6.45) is -10.8. The minimum atomic E-state index is -4.94. The average Bonchev–Trinajstić information content (AvgIpc) is 2.97. The van der Waals surface area contributed by atoms with Crippen LogP contribution in [0.1, 0.15) is 10.4 Å². The average molecular weight is 306 g/mol. The largest absolute Gasteiger partial charge is 0.453 e. The lowest BCUT2D eigenvalue weighted by Gasteiger charge is -2.28. The van der Waals surface area contributed by atoms with Crippen LogP contribution in [0.15, 0.2) is 30.3 Å². The van der Waals surface area contributed by atoms with Gasteiger partial charge in [-0.15, -0.1) is 0 Å². The fourth-order valence-electron chi connectivity index (χ4n) is 1.83. The molecule has 0 bridgehead atoms. The number of aliphatic hydroxyl groups excluding tert-OH is 1. The lowest BCUT2D eigenvalue weighted by Crippen LogP contribution is -2.49. The topological polar surface area (TPSA) is 65.0 Å². The molecule has 0 radical (unpaired) electrons. The minimum Gasteiger partial charge on any atom is -0.453 e. The molecular formula is C13H13F3O5. The lowest BCUT2D eigenvalue weighted by atomic mass is 10.1. The second kappa shape index (κ2) is 6.42. The predicted octanol–water partition coefficient (Wildman–Crippen LogP) is 1.51. The molecule has 0 amide bonds. The van der Waals surface area contributed by atoms with Crippen molar-refractivity contribution < 1.29 is 37.3 Å². The molecular weight excluding hydrogens is 293 g/mol. The van der Waals surface area contributed by atoms with Gasteiger partial charge in [-0.2, -0.15) is 13.2 Å². The van der Waals surface area contributed by atoms with E-state index in [1.165, 1.54) is 12.1 Å². The van der Waals surface area contributed by atoms with Crippen molar-refractivity contribution in [3.8, 4) is 0 Å². The number of hydrogen-bond donors (Lipinski definition) is 1. The molecule has 1 aromatic rings. The molecule has 0 saturated carbocycles. The first kappa shape index (κ1) is 15.7. The third-order valence-electron chi connectivity index (χ3n) is 2.91. The Morgan fingerprint density at radius 1 is 1.33 bits per heavy atom. The van der Waals surface area contributed by atoms with Gasteiger partial charge in [0.25, 0.3) is 0 Å². The molecule has 1 N–H and O–H groups in total. The van der Waals surface area contributed by atoms with Gasteiger partial charge in [-0.05, 0) is 12.1 Å². The van der Waals surface area contributed by atoms with E-state index in [0.717, 1.165) is 0 Å². The summed E-state index contributed by atoms with van der Waals surface area (Å²) in [5.74, 6) is -0.973. The van der Waals surface area contributed by atoms with E-state index in [9.17, 15) is 23.1 Å². The molecule has 1 saturated heterocycles. The fourth-order valence-corrected chi connectivity index (χ4v) is 1.83. The third kappa shape index (κ3) is 3.93. The highest BCUT2D eigenvalue weighted by Crippen LogP contribution is 2.28. The van der Waals surface area contributed by atoms with E-state index in [2.05, 4.69) is 0 Å². The molecule has 1 heterocycles. The highest BCUT2D eigenvalue weighted by molar-refractivity contribution is 5.89. The smallest absolute Gasteiger partial charge is 0.418 e. The van der Waals surface area contributed by atoms with Crippen LogP contribution in [0, 0.1) is 0 Å². The van der Waals surface area contributed by atoms with Gasteiger partial charge in [-0.1, -0.05) is 18.2 Å². The van der Waals surface area contributed by atoms with Crippen molar-refractivity contribution in [3.63, 3.8) is 0 Å². The maximum atomic E-state index is 12.7. The van der Waals surface area contributed by atoms with Crippen molar-refractivity contribution in [1.82, 2.24) is 0 Å². The van der Waals surface area contributed by atoms with E-state index < -0.39 is 30.5 Å². The summed E-state index contributed by atoms with van der Waals surface area (Å²) in [6.45, 7) is -0.408. The number of carbonyl (C=O) groups excluding carboxylic acids is 1. The second-order valence-corrected chi connectivity index (χ2v) is 4.42. The van der Waals surface area contributed by atoms with Crippen LogP contribution in [0.5, 0.6) is 0 Å². The zero-order chi connectivity index (χ0) is 15.5. The third-order valence-corrected chi connectivity index (χ3v) is 2.91. The van der Waals surface area contributed by atoms with Gasteiger partial charge in [0.05, 0.1) is 12.2 Å². The summed E-state index contributed by atoms with van der Waals surface area (Å²) in [5, 5.41) is 9.36. The van der Waals surface area contributed by atoms with Crippen molar-refractivity contribution in [3.05, 3.63) is 35.9 Å². The number of alkyl halides is 3. The van der Waals surface area contributed by atoms with E-state index in [-0.39, 0.29) is 19.0 Å². The first-order valence-corrected chi connectivity index (χ1v) is 6.10. The monoisotopic (exact) mass is 306 g/mol. The van der Waals surface area contributed by atoms with Gasteiger partial charge >= 0.3 is 12.1 Å². The molecule has 0 aliphatic carbocycles. The van der Waals surface area contributed by atoms with Crippen LogP contribution in [0.4, 0.5) is 13.2 Å². The Bertz CT molecular complexity index is 470. The van der Waals surface area contributed by atoms with Gasteiger partial charge < -0.3 is 19.3 Å². The second-order valence-electron chi connectivity index (χ2n) is 4.42. The van der Waals surface area contributed by atoms with Crippen LogP contribution in [0.2, 0.25) is 0 Å². The molecule has 1 aliphatic heterocycles. The lowest BCUT2D eigenvalue weighted by molar-refractivity contribution is -0.240. The Kier molecular flexibility index (Phi) is 4.81. The maximum absolute atomic E-state index is 12.7. The molecule has 0 spiro atoms. The van der Waals surface area contributed by atoms with Crippen molar-refractivity contribution in [2.24, 2.45) is 0 Å². The standard InChI is InChI=1S/C13H13F3O5/c14-13(15,16)11(17)10(9-6-19-7-20-9)21-12(18)8-4-2-1-3-5-8/h1-5,9-11,17H,6-7H2. The zero-order valence-electron chi connectivity index (χ0n) is 10.7. The summed E-state index contributed by atoms with van der Waals surface area (Å²) in [5.41, 5.74) is 0.0794. The first-order valence-electron chi connectivity index (χ1n) is 6.10. The van der Waals surface area contributed by atoms with Crippen LogP contribution in [-0.4, -0.2) is 49.0 Å². The van der Waals surface area contributed by atoms with Crippen molar-refractivity contribution in [2.75, 3.05) is 13.4 Å². The highest BCUT2D eigenvalue weighted by atomic mass is 19.4. The quantitative estimate of drug-likeness (QED) is 0.854. The number of ether oxygens (including phenoxy) is 3. The first-order chi connectivity index (χ1) is 9.89. The van der Waals surface area contributed by atoms with E-state index in [0.29, 0.717) is 0 Å². The maximum Gasteiger partial charge on any atom is 0.418 e. The van der Waals surface area contributed by atoms with Crippen LogP contribution in [0.3, 0.4) is 0 Å². The van der Waals surface area contributed by atoms with E-state index in [1.807, 2.05) is 0 Å². The van der Waals surface area contributed by atoms with E-state index in [1.54, 1.807) is 18.2 Å². The molecule has 21 heavy (non-hydrogen) atoms. The van der Waals surface area contributed by atoms with Crippen LogP contribution < -0.4 is 0 Å². The molecule has 116 valence electrons. The molecule has 3 atom stereocenters. The minimum absolute atomic E-state index is 0.0794. The Morgan fingerprint density at radius 3 is 2.52 bits per heavy atom. The predicted molar refractivity (Wildman–Crippen MR) is 63.4 cm³/mol. The molecule has 5 nitrogen and oxygen atoms in total. The number of esters is 1. The van der Waals surface area contributed by atoms with Crippen molar-refractivity contribution >= 4 is 5.97 Å². The van der Waals surface area contributed by atoms with Crippen LogP contribution in [-0.2, 0) is 14.2 Å². The van der Waals surface area contributed by atoms with Crippen LogP contribution in [0.25, 0.3) is 0 Å².